The van der Waals surface area contributed by atoms with E-state index in [9.17, 15) is 4.39 Å². The molecule has 0 fully saturated rings. The number of halogens is 1. The summed E-state index contributed by atoms with van der Waals surface area (Å²) in [5.74, 6) is 0.166. The Bertz CT molecular complexity index is 776. The number of fused-ring (bicyclic) bond motifs is 1. The first-order chi connectivity index (χ1) is 9.09. The van der Waals surface area contributed by atoms with Crippen LogP contribution in [0.5, 0.6) is 0 Å². The Hall–Kier alpha value is -2.43. The second-order valence-electron chi connectivity index (χ2n) is 4.48. The second kappa shape index (κ2) is 4.05. The van der Waals surface area contributed by atoms with E-state index in [1.54, 1.807) is 6.07 Å². The average Bonchev–Trinajstić information content (AvgIpc) is 2.63. The van der Waals surface area contributed by atoms with E-state index in [2.05, 4.69) is 9.97 Å². The molecular weight excluding hydrogens is 243 g/mol. The predicted octanol–water partition coefficient (Wildman–Crippen LogP) is 2.76. The lowest BCUT2D eigenvalue weighted by Crippen LogP contribution is -1.99. The molecule has 4 nitrogen and oxygen atoms in total. The minimum Gasteiger partial charge on any atom is -0.383 e. The Morgan fingerprint density at radius 3 is 2.74 bits per heavy atom. The van der Waals surface area contributed by atoms with Gasteiger partial charge in [-0.25, -0.2) is 14.4 Å². The van der Waals surface area contributed by atoms with E-state index in [-0.39, 0.29) is 5.82 Å². The van der Waals surface area contributed by atoms with Crippen molar-refractivity contribution in [3.8, 4) is 5.69 Å². The van der Waals surface area contributed by atoms with Gasteiger partial charge in [0.2, 0.25) is 0 Å². The highest BCUT2D eigenvalue weighted by molar-refractivity contribution is 5.91. The van der Waals surface area contributed by atoms with E-state index in [1.165, 1.54) is 18.5 Å². The molecule has 0 aliphatic carbocycles. The number of nitrogens with two attached hydrogens (primary N) is 1. The molecule has 0 saturated carbocycles. The van der Waals surface area contributed by atoms with Gasteiger partial charge in [-0.2, -0.15) is 0 Å². The van der Waals surface area contributed by atoms with Crippen LogP contribution >= 0.6 is 0 Å². The van der Waals surface area contributed by atoms with Gasteiger partial charge in [-0.05, 0) is 37.6 Å². The average molecular weight is 256 g/mol. The lowest BCUT2D eigenvalue weighted by Gasteiger charge is -2.07. The number of hydrogen-bond donors (Lipinski definition) is 1. The number of hydrogen-bond acceptors (Lipinski definition) is 3. The summed E-state index contributed by atoms with van der Waals surface area (Å²) in [7, 11) is 0. The van der Waals surface area contributed by atoms with Crippen LogP contribution in [-0.4, -0.2) is 14.5 Å². The third-order valence-electron chi connectivity index (χ3n) is 3.39. The minimum absolute atomic E-state index is 0.279. The molecule has 96 valence electrons. The molecule has 3 aromatic rings. The highest BCUT2D eigenvalue weighted by atomic mass is 19.1. The van der Waals surface area contributed by atoms with Crippen LogP contribution < -0.4 is 5.73 Å². The number of nitrogens with zero attached hydrogens (tertiary/aromatic N) is 3. The molecule has 0 amide bonds. The van der Waals surface area contributed by atoms with Crippen molar-refractivity contribution < 1.29 is 4.39 Å². The molecule has 0 saturated heterocycles. The van der Waals surface area contributed by atoms with Crippen LogP contribution in [0.25, 0.3) is 16.7 Å². The van der Waals surface area contributed by atoms with Crippen LogP contribution in [0.4, 0.5) is 10.2 Å². The van der Waals surface area contributed by atoms with Crippen molar-refractivity contribution in [3.05, 3.63) is 47.7 Å². The number of aromatic nitrogens is 3. The van der Waals surface area contributed by atoms with Gasteiger partial charge in [-0.15, -0.1) is 0 Å². The third-order valence-corrected chi connectivity index (χ3v) is 3.39. The molecule has 2 aromatic heterocycles. The summed E-state index contributed by atoms with van der Waals surface area (Å²) in [4.78, 5) is 8.29. The zero-order valence-corrected chi connectivity index (χ0v) is 10.7. The fourth-order valence-corrected chi connectivity index (χ4v) is 2.36. The SMILES string of the molecule is Cc1c(C)n(-c2cccc(F)c2)c2ncnc(N)c12. The lowest BCUT2D eigenvalue weighted by molar-refractivity contribution is 0.626. The largest absolute Gasteiger partial charge is 0.383 e. The predicted molar refractivity (Wildman–Crippen MR) is 72.7 cm³/mol. The zero-order chi connectivity index (χ0) is 13.6. The molecule has 19 heavy (non-hydrogen) atoms. The van der Waals surface area contributed by atoms with Crippen LogP contribution in [0.3, 0.4) is 0 Å². The van der Waals surface area contributed by atoms with Gasteiger partial charge >= 0.3 is 0 Å². The van der Waals surface area contributed by atoms with Crippen molar-refractivity contribution in [3.63, 3.8) is 0 Å². The van der Waals surface area contributed by atoms with Crippen molar-refractivity contribution in [2.75, 3.05) is 5.73 Å². The summed E-state index contributed by atoms with van der Waals surface area (Å²) in [5, 5.41) is 0.823. The van der Waals surface area contributed by atoms with Gasteiger partial charge in [0.15, 0.2) is 5.65 Å². The number of benzene rings is 1. The molecular formula is C14H13FN4. The molecule has 0 aliphatic rings. The summed E-state index contributed by atoms with van der Waals surface area (Å²) in [6, 6.07) is 6.41. The molecule has 5 heteroatoms. The van der Waals surface area contributed by atoms with Crippen LogP contribution in [-0.2, 0) is 0 Å². The standard InChI is InChI=1S/C14H13FN4/c1-8-9(2)19(11-5-3-4-10(15)6-11)14-12(8)13(16)17-7-18-14/h3-7H,1-2H3,(H2,16,17,18). The van der Waals surface area contributed by atoms with E-state index >= 15 is 0 Å². The van der Waals surface area contributed by atoms with Gasteiger partial charge in [0.05, 0.1) is 11.1 Å². The van der Waals surface area contributed by atoms with Crippen molar-refractivity contribution in [2.45, 2.75) is 13.8 Å². The molecule has 2 N–H and O–H groups in total. The highest BCUT2D eigenvalue weighted by Gasteiger charge is 2.16. The molecule has 0 atom stereocenters. The molecule has 0 bridgehead atoms. The number of rotatable bonds is 1. The maximum absolute atomic E-state index is 13.4. The summed E-state index contributed by atoms with van der Waals surface area (Å²) in [5.41, 5.74) is 9.33. The van der Waals surface area contributed by atoms with E-state index in [4.69, 9.17) is 5.73 Å². The Morgan fingerprint density at radius 2 is 2.00 bits per heavy atom. The molecule has 2 heterocycles. The molecule has 1 aromatic carbocycles. The van der Waals surface area contributed by atoms with Crippen molar-refractivity contribution in [2.24, 2.45) is 0 Å². The maximum atomic E-state index is 13.4. The molecule has 0 aliphatic heterocycles. The van der Waals surface area contributed by atoms with Crippen LogP contribution in [0, 0.1) is 19.7 Å². The van der Waals surface area contributed by atoms with E-state index < -0.39 is 0 Å². The normalized spacial score (nSPS) is 11.1. The lowest BCUT2D eigenvalue weighted by atomic mass is 10.2. The third kappa shape index (κ3) is 1.66. The summed E-state index contributed by atoms with van der Waals surface area (Å²) in [6.45, 7) is 3.93. The summed E-state index contributed by atoms with van der Waals surface area (Å²) in [6.07, 6.45) is 1.42. The Labute approximate surface area is 109 Å². The van der Waals surface area contributed by atoms with Gasteiger partial charge in [-0.1, -0.05) is 6.07 Å². The molecule has 0 radical (unpaired) electrons. The Kier molecular flexibility index (Phi) is 2.48. The first-order valence-corrected chi connectivity index (χ1v) is 5.93. The van der Waals surface area contributed by atoms with E-state index in [0.29, 0.717) is 11.5 Å². The number of aryl methyl sites for hydroxylation is 1. The molecule has 3 rings (SSSR count). The fraction of sp³-hybridized carbons (Fsp3) is 0.143. The van der Waals surface area contributed by atoms with Gasteiger partial charge in [0, 0.05) is 5.69 Å². The first-order valence-electron chi connectivity index (χ1n) is 5.93. The Morgan fingerprint density at radius 1 is 1.21 bits per heavy atom. The zero-order valence-electron chi connectivity index (χ0n) is 10.7. The van der Waals surface area contributed by atoms with Gasteiger partial charge in [0.25, 0.3) is 0 Å². The van der Waals surface area contributed by atoms with Crippen LogP contribution in [0.15, 0.2) is 30.6 Å². The van der Waals surface area contributed by atoms with Gasteiger partial charge in [-0.3, -0.25) is 4.57 Å². The van der Waals surface area contributed by atoms with Crippen LogP contribution in [0.1, 0.15) is 11.3 Å². The van der Waals surface area contributed by atoms with Crippen molar-refractivity contribution in [1.82, 2.24) is 14.5 Å². The molecule has 0 unspecified atom stereocenters. The highest BCUT2D eigenvalue weighted by Crippen LogP contribution is 2.29. The first kappa shape index (κ1) is 11.6. The quantitative estimate of drug-likeness (QED) is 0.728. The maximum Gasteiger partial charge on any atom is 0.150 e. The minimum atomic E-state index is -0.279. The summed E-state index contributed by atoms with van der Waals surface area (Å²) < 4.78 is 15.3. The fourth-order valence-electron chi connectivity index (χ4n) is 2.36. The molecule has 0 spiro atoms. The smallest absolute Gasteiger partial charge is 0.150 e. The topological polar surface area (TPSA) is 56.7 Å². The number of anilines is 1. The van der Waals surface area contributed by atoms with Crippen molar-refractivity contribution >= 4 is 16.9 Å². The monoisotopic (exact) mass is 256 g/mol. The van der Waals surface area contributed by atoms with E-state index in [1.807, 2.05) is 24.5 Å². The number of nitrogen functional groups attached to an aromatic ring is 1. The van der Waals surface area contributed by atoms with Crippen LogP contribution in [0.2, 0.25) is 0 Å². The van der Waals surface area contributed by atoms with Gasteiger partial charge in [0.1, 0.15) is 18.0 Å². The van der Waals surface area contributed by atoms with Gasteiger partial charge < -0.3 is 5.73 Å². The summed E-state index contributed by atoms with van der Waals surface area (Å²) >= 11 is 0. The van der Waals surface area contributed by atoms with E-state index in [0.717, 1.165) is 22.3 Å². The second-order valence-corrected chi connectivity index (χ2v) is 4.48. The van der Waals surface area contributed by atoms with Crippen molar-refractivity contribution in [1.29, 1.82) is 0 Å². The Balaban J connectivity index is 2.42.